The van der Waals surface area contributed by atoms with Gasteiger partial charge in [0.1, 0.15) is 6.04 Å². The lowest BCUT2D eigenvalue weighted by Gasteiger charge is -2.34. The van der Waals surface area contributed by atoms with Crippen LogP contribution >= 0.6 is 0 Å². The zero-order chi connectivity index (χ0) is 15.2. The van der Waals surface area contributed by atoms with Crippen LogP contribution in [0.25, 0.3) is 0 Å². The molecule has 1 N–H and O–H groups in total. The normalized spacial score (nSPS) is 17.2. The van der Waals surface area contributed by atoms with Crippen molar-refractivity contribution in [2.75, 3.05) is 11.9 Å². The highest BCUT2D eigenvalue weighted by molar-refractivity contribution is 5.86. The summed E-state index contributed by atoms with van der Waals surface area (Å²) in [7, 11) is 0. The second-order valence-corrected chi connectivity index (χ2v) is 6.23. The molecule has 1 aromatic carbocycles. The predicted molar refractivity (Wildman–Crippen MR) is 88.5 cm³/mol. The van der Waals surface area contributed by atoms with Gasteiger partial charge in [-0.2, -0.15) is 0 Å². The molecule has 0 aliphatic carbocycles. The van der Waals surface area contributed by atoms with E-state index in [-0.39, 0.29) is 18.0 Å². The lowest BCUT2D eigenvalue weighted by Crippen LogP contribution is -2.47. The lowest BCUT2D eigenvalue weighted by atomic mass is 9.97. The van der Waals surface area contributed by atoms with Crippen LogP contribution in [0, 0.1) is 0 Å². The van der Waals surface area contributed by atoms with Gasteiger partial charge >= 0.3 is 0 Å². The predicted octanol–water partition coefficient (Wildman–Crippen LogP) is 3.84. The average Bonchev–Trinajstić information content (AvgIpc) is 2.50. The molecule has 1 atom stereocenters. The van der Waals surface area contributed by atoms with Crippen LogP contribution in [-0.4, -0.2) is 29.4 Å². The Bertz CT molecular complexity index is 470. The van der Waals surface area contributed by atoms with Crippen molar-refractivity contribution in [3.05, 3.63) is 29.8 Å². The Hall–Kier alpha value is -1.51. The summed E-state index contributed by atoms with van der Waals surface area (Å²) in [4.78, 5) is 14.9. The molecule has 0 radical (unpaired) electrons. The molecule has 116 valence electrons. The Labute approximate surface area is 128 Å². The number of nitrogens with zero attached hydrogens (tertiary/aromatic N) is 1. The maximum atomic E-state index is 12.8. The molecular weight excluding hydrogens is 260 g/mol. The molecule has 1 aromatic rings. The summed E-state index contributed by atoms with van der Waals surface area (Å²) >= 11 is 0. The lowest BCUT2D eigenvalue weighted by molar-refractivity contribution is -0.134. The summed E-state index contributed by atoms with van der Waals surface area (Å²) in [6.07, 6.45) is 5.36. The minimum Gasteiger partial charge on any atom is -0.373 e. The first-order valence-electron chi connectivity index (χ1n) is 8.28. The van der Waals surface area contributed by atoms with E-state index in [2.05, 4.69) is 44.3 Å². The smallest absolute Gasteiger partial charge is 0.245 e. The Morgan fingerprint density at radius 2 is 2.10 bits per heavy atom. The molecule has 3 nitrogen and oxygen atoms in total. The first-order chi connectivity index (χ1) is 10.1. The largest absolute Gasteiger partial charge is 0.373 e. The highest BCUT2D eigenvalue weighted by Crippen LogP contribution is 2.25. The van der Waals surface area contributed by atoms with E-state index in [1.165, 1.54) is 18.4 Å². The number of fused-ring (bicyclic) bond motifs is 1. The molecule has 0 spiro atoms. The number of carbonyl (C=O) groups is 1. The Morgan fingerprint density at radius 1 is 1.33 bits per heavy atom. The van der Waals surface area contributed by atoms with E-state index < -0.39 is 0 Å². The van der Waals surface area contributed by atoms with Crippen molar-refractivity contribution in [3.8, 4) is 0 Å². The van der Waals surface area contributed by atoms with E-state index in [4.69, 9.17) is 0 Å². The third-order valence-electron chi connectivity index (χ3n) is 4.26. The van der Waals surface area contributed by atoms with E-state index in [1.807, 2.05) is 11.0 Å². The van der Waals surface area contributed by atoms with Gasteiger partial charge in [-0.15, -0.1) is 0 Å². The van der Waals surface area contributed by atoms with Gasteiger partial charge in [0.05, 0.1) is 0 Å². The van der Waals surface area contributed by atoms with Crippen LogP contribution in [0.4, 0.5) is 5.69 Å². The summed E-state index contributed by atoms with van der Waals surface area (Å²) in [5.41, 5.74) is 2.45. The van der Waals surface area contributed by atoms with Gasteiger partial charge in [-0.3, -0.25) is 4.79 Å². The summed E-state index contributed by atoms with van der Waals surface area (Å²) in [5.74, 6) is 0.260. The van der Waals surface area contributed by atoms with Crippen LogP contribution in [-0.2, 0) is 11.2 Å². The maximum Gasteiger partial charge on any atom is 0.245 e. The van der Waals surface area contributed by atoms with Crippen LogP contribution in [0.3, 0.4) is 0 Å². The van der Waals surface area contributed by atoms with Gasteiger partial charge in [0.15, 0.2) is 0 Å². The molecule has 21 heavy (non-hydrogen) atoms. The molecule has 2 rings (SSSR count). The SMILES string of the molecule is CCCCCN(C(=O)C1CCc2ccccc2N1)C(C)C. The molecule has 1 amide bonds. The van der Waals surface area contributed by atoms with E-state index in [9.17, 15) is 4.79 Å². The van der Waals surface area contributed by atoms with Crippen molar-refractivity contribution in [2.24, 2.45) is 0 Å². The van der Waals surface area contributed by atoms with Gasteiger partial charge in [0.2, 0.25) is 5.91 Å². The molecule has 1 aliphatic rings. The molecule has 0 aromatic heterocycles. The second kappa shape index (κ2) is 7.48. The molecule has 3 heteroatoms. The van der Waals surface area contributed by atoms with Gasteiger partial charge in [-0.25, -0.2) is 0 Å². The van der Waals surface area contributed by atoms with Gasteiger partial charge in [0.25, 0.3) is 0 Å². The van der Waals surface area contributed by atoms with Gasteiger partial charge < -0.3 is 10.2 Å². The van der Waals surface area contributed by atoms with Crippen molar-refractivity contribution in [2.45, 2.75) is 65.0 Å². The van der Waals surface area contributed by atoms with Crippen molar-refractivity contribution >= 4 is 11.6 Å². The third kappa shape index (κ3) is 3.99. The minimum atomic E-state index is -0.0658. The van der Waals surface area contributed by atoms with Crippen LogP contribution in [0.15, 0.2) is 24.3 Å². The van der Waals surface area contributed by atoms with Gasteiger partial charge in [0, 0.05) is 18.3 Å². The quantitative estimate of drug-likeness (QED) is 0.807. The Kier molecular flexibility index (Phi) is 5.66. The number of amides is 1. The summed E-state index contributed by atoms with van der Waals surface area (Å²) in [6, 6.07) is 8.52. The van der Waals surface area contributed by atoms with Crippen molar-refractivity contribution in [1.29, 1.82) is 0 Å². The number of benzene rings is 1. The van der Waals surface area contributed by atoms with Crippen LogP contribution in [0.2, 0.25) is 0 Å². The van der Waals surface area contributed by atoms with E-state index in [0.29, 0.717) is 0 Å². The zero-order valence-electron chi connectivity index (χ0n) is 13.6. The Morgan fingerprint density at radius 3 is 2.81 bits per heavy atom. The van der Waals surface area contributed by atoms with Gasteiger partial charge in [-0.05, 0) is 44.7 Å². The molecule has 1 unspecified atom stereocenters. The monoisotopic (exact) mass is 288 g/mol. The highest BCUT2D eigenvalue weighted by Gasteiger charge is 2.28. The molecule has 0 bridgehead atoms. The molecule has 1 heterocycles. The van der Waals surface area contributed by atoms with Crippen molar-refractivity contribution in [3.63, 3.8) is 0 Å². The number of rotatable bonds is 6. The Balaban J connectivity index is 2.01. The number of nitrogens with one attached hydrogen (secondary N) is 1. The van der Waals surface area contributed by atoms with Gasteiger partial charge in [-0.1, -0.05) is 38.0 Å². The summed E-state index contributed by atoms with van der Waals surface area (Å²) in [5, 5.41) is 3.43. The first-order valence-corrected chi connectivity index (χ1v) is 8.28. The average molecular weight is 288 g/mol. The molecule has 0 saturated carbocycles. The number of hydrogen-bond acceptors (Lipinski definition) is 2. The fourth-order valence-corrected chi connectivity index (χ4v) is 2.98. The number of carbonyl (C=O) groups excluding carboxylic acids is 1. The van der Waals surface area contributed by atoms with Crippen molar-refractivity contribution < 1.29 is 4.79 Å². The van der Waals surface area contributed by atoms with Crippen molar-refractivity contribution in [1.82, 2.24) is 4.90 Å². The fourth-order valence-electron chi connectivity index (χ4n) is 2.98. The third-order valence-corrected chi connectivity index (χ3v) is 4.26. The topological polar surface area (TPSA) is 32.3 Å². The summed E-state index contributed by atoms with van der Waals surface area (Å²) in [6.45, 7) is 7.30. The van der Waals surface area contributed by atoms with E-state index in [0.717, 1.165) is 31.5 Å². The van der Waals surface area contributed by atoms with Crippen LogP contribution in [0.5, 0.6) is 0 Å². The standard InChI is InChI=1S/C18H28N2O/c1-4-5-8-13-20(14(2)3)18(21)17-12-11-15-9-6-7-10-16(15)19-17/h6-7,9-10,14,17,19H,4-5,8,11-13H2,1-3H3. The maximum absolute atomic E-state index is 12.8. The number of unbranched alkanes of at least 4 members (excludes halogenated alkanes) is 2. The minimum absolute atomic E-state index is 0.0658. The zero-order valence-corrected chi connectivity index (χ0v) is 13.6. The van der Waals surface area contributed by atoms with E-state index >= 15 is 0 Å². The number of hydrogen-bond donors (Lipinski definition) is 1. The molecule has 1 aliphatic heterocycles. The highest BCUT2D eigenvalue weighted by atomic mass is 16.2. The number of para-hydroxylation sites is 1. The number of anilines is 1. The fraction of sp³-hybridized carbons (Fsp3) is 0.611. The number of aryl methyl sites for hydroxylation is 1. The van der Waals surface area contributed by atoms with Crippen LogP contribution < -0.4 is 5.32 Å². The molecular formula is C18H28N2O. The van der Waals surface area contributed by atoms with Crippen LogP contribution in [0.1, 0.15) is 52.0 Å². The first kappa shape index (κ1) is 15.9. The second-order valence-electron chi connectivity index (χ2n) is 6.23. The summed E-state index contributed by atoms with van der Waals surface area (Å²) < 4.78 is 0. The van der Waals surface area contributed by atoms with E-state index in [1.54, 1.807) is 0 Å². The molecule has 0 saturated heterocycles. The molecule has 0 fully saturated rings.